The summed E-state index contributed by atoms with van der Waals surface area (Å²) in [7, 11) is 0. The van der Waals surface area contributed by atoms with Gasteiger partial charge in [-0.2, -0.15) is 0 Å². The molecule has 1 rings (SSSR count). The first-order chi connectivity index (χ1) is 16.0. The summed E-state index contributed by atoms with van der Waals surface area (Å²) >= 11 is 0. The molecule has 0 amide bonds. The first-order valence-electron chi connectivity index (χ1n) is 11.6. The monoisotopic (exact) mass is 502 g/mol. The predicted molar refractivity (Wildman–Crippen MR) is 121 cm³/mol. The maximum atomic E-state index is 13.6. The molecule has 0 heterocycles. The maximum absolute atomic E-state index is 13.6. The van der Waals surface area contributed by atoms with Crippen LogP contribution in [0.15, 0.2) is 0 Å². The van der Waals surface area contributed by atoms with E-state index in [2.05, 4.69) is 20.8 Å². The van der Waals surface area contributed by atoms with Crippen LogP contribution in [0.5, 0.6) is 0 Å². The van der Waals surface area contributed by atoms with E-state index >= 15 is 0 Å². The summed E-state index contributed by atoms with van der Waals surface area (Å²) < 4.78 is 20.3. The average Bonchev–Trinajstić information content (AvgIpc) is 2.71. The van der Waals surface area contributed by atoms with Gasteiger partial charge in [0.05, 0.1) is 0 Å². The molecule has 0 bridgehead atoms. The third-order valence-corrected chi connectivity index (χ3v) is 6.11. The van der Waals surface area contributed by atoms with Crippen LogP contribution in [0.25, 0.3) is 0 Å². The fourth-order valence-corrected chi connectivity index (χ4v) is 4.27. The maximum Gasteiger partial charge on any atom is 0.303 e. The Bertz CT molecular complexity index is 790. The third kappa shape index (κ3) is 9.21. The molecule has 0 spiro atoms. The normalized spacial score (nSPS) is 23.7. The van der Waals surface area contributed by atoms with Crippen LogP contribution in [0.2, 0.25) is 0 Å². The van der Waals surface area contributed by atoms with Crippen molar-refractivity contribution in [3.63, 3.8) is 0 Å². The van der Waals surface area contributed by atoms with Gasteiger partial charge in [0, 0.05) is 27.7 Å². The van der Waals surface area contributed by atoms with Crippen LogP contribution in [0, 0.1) is 11.3 Å². The van der Waals surface area contributed by atoms with Crippen molar-refractivity contribution in [2.75, 3.05) is 6.61 Å². The van der Waals surface area contributed by atoms with Crippen molar-refractivity contribution in [3.05, 3.63) is 0 Å². The molecule has 1 fully saturated rings. The SMILES string of the molecule is CC(=O)OC[C@@H](O)[C@@H](OC(C)=O)[C@H](OC(C)=O)[C@@H](OC(C)=O)C(=O)C1(O)CCC(C(C)(C)C)CC1. The first-order valence-corrected chi connectivity index (χ1v) is 11.6. The molecule has 0 unspecified atom stereocenters. The number of ketones is 1. The van der Waals surface area contributed by atoms with E-state index in [4.69, 9.17) is 18.9 Å². The number of esters is 4. The molecule has 0 saturated heterocycles. The molecule has 2 N–H and O–H groups in total. The highest BCUT2D eigenvalue weighted by molar-refractivity contribution is 5.93. The molecule has 1 aliphatic carbocycles. The van der Waals surface area contributed by atoms with Crippen LogP contribution in [-0.2, 0) is 42.9 Å². The second kappa shape index (κ2) is 12.4. The molecule has 0 aliphatic heterocycles. The van der Waals surface area contributed by atoms with Gasteiger partial charge in [0.1, 0.15) is 18.3 Å². The van der Waals surface area contributed by atoms with Crippen LogP contribution in [0.3, 0.4) is 0 Å². The molecule has 0 radical (unpaired) electrons. The number of Topliss-reactive ketones (excluding diaryl/α,β-unsaturated/α-hetero) is 1. The number of rotatable bonds is 10. The highest BCUT2D eigenvalue weighted by Crippen LogP contribution is 2.42. The Balaban J connectivity index is 3.39. The standard InChI is InChI=1S/C24H38O11/c1-13(25)32-12-18(29)19(33-14(2)26)20(34-15(3)27)21(35-16(4)28)22(30)24(31)10-8-17(9-11-24)23(5,6)7/h17-21,29,31H,8-12H2,1-7H3/t17?,18-,19-,20+,21-,24?/m1/s1. The van der Waals surface area contributed by atoms with E-state index in [1.54, 1.807) is 0 Å². The summed E-state index contributed by atoms with van der Waals surface area (Å²) in [5.41, 5.74) is -1.94. The van der Waals surface area contributed by atoms with Crippen molar-refractivity contribution in [1.82, 2.24) is 0 Å². The van der Waals surface area contributed by atoms with E-state index in [9.17, 15) is 34.2 Å². The fourth-order valence-electron chi connectivity index (χ4n) is 4.27. The first kappa shape index (κ1) is 30.5. The van der Waals surface area contributed by atoms with Crippen molar-refractivity contribution in [2.45, 2.75) is 104 Å². The van der Waals surface area contributed by atoms with Gasteiger partial charge in [0.15, 0.2) is 12.2 Å². The zero-order valence-electron chi connectivity index (χ0n) is 21.5. The molecule has 11 nitrogen and oxygen atoms in total. The van der Waals surface area contributed by atoms with E-state index in [1.165, 1.54) is 0 Å². The van der Waals surface area contributed by atoms with Gasteiger partial charge in [-0.1, -0.05) is 20.8 Å². The van der Waals surface area contributed by atoms with Crippen LogP contribution in [-0.4, -0.2) is 76.5 Å². The summed E-state index contributed by atoms with van der Waals surface area (Å²) in [6, 6.07) is 0. The Kier molecular flexibility index (Phi) is 10.8. The second-order valence-electron chi connectivity index (χ2n) is 10.1. The Morgan fingerprint density at radius 1 is 0.829 bits per heavy atom. The zero-order valence-corrected chi connectivity index (χ0v) is 21.5. The van der Waals surface area contributed by atoms with Crippen LogP contribution >= 0.6 is 0 Å². The van der Waals surface area contributed by atoms with E-state index in [1.807, 2.05) is 0 Å². The van der Waals surface area contributed by atoms with Crippen molar-refractivity contribution >= 4 is 29.7 Å². The van der Waals surface area contributed by atoms with Crippen molar-refractivity contribution in [1.29, 1.82) is 0 Å². The van der Waals surface area contributed by atoms with Gasteiger partial charge in [-0.05, 0) is 37.0 Å². The molecule has 1 saturated carbocycles. The average molecular weight is 503 g/mol. The largest absolute Gasteiger partial charge is 0.463 e. The van der Waals surface area contributed by atoms with Gasteiger partial charge in [0.2, 0.25) is 11.9 Å². The lowest BCUT2D eigenvalue weighted by atomic mass is 9.67. The topological polar surface area (TPSA) is 163 Å². The molecule has 11 heteroatoms. The zero-order chi connectivity index (χ0) is 27.1. The van der Waals surface area contributed by atoms with E-state index in [0.29, 0.717) is 12.8 Å². The van der Waals surface area contributed by atoms with E-state index < -0.39 is 66.3 Å². The molecule has 200 valence electrons. The van der Waals surface area contributed by atoms with Crippen LogP contribution in [0.4, 0.5) is 0 Å². The van der Waals surface area contributed by atoms with Crippen LogP contribution in [0.1, 0.15) is 74.1 Å². The highest BCUT2D eigenvalue weighted by atomic mass is 16.6. The summed E-state index contributed by atoms with van der Waals surface area (Å²) in [4.78, 5) is 60.4. The van der Waals surface area contributed by atoms with E-state index in [0.717, 1.165) is 27.7 Å². The molecule has 0 aromatic rings. The van der Waals surface area contributed by atoms with Gasteiger partial charge < -0.3 is 29.2 Å². The Hall–Kier alpha value is -2.53. The third-order valence-electron chi connectivity index (χ3n) is 6.11. The smallest absolute Gasteiger partial charge is 0.303 e. The minimum Gasteiger partial charge on any atom is -0.463 e. The second-order valence-corrected chi connectivity index (χ2v) is 10.1. The molecule has 0 aromatic carbocycles. The van der Waals surface area contributed by atoms with Gasteiger partial charge in [-0.25, -0.2) is 0 Å². The Morgan fingerprint density at radius 2 is 1.29 bits per heavy atom. The Labute approximate surface area is 205 Å². The fraction of sp³-hybridized carbons (Fsp3) is 0.792. The molecule has 35 heavy (non-hydrogen) atoms. The van der Waals surface area contributed by atoms with Gasteiger partial charge in [-0.15, -0.1) is 0 Å². The van der Waals surface area contributed by atoms with Crippen molar-refractivity contribution in [3.8, 4) is 0 Å². The predicted octanol–water partition coefficient (Wildman–Crippen LogP) is 1.24. The minimum atomic E-state index is -1.90. The highest BCUT2D eigenvalue weighted by Gasteiger charge is 2.52. The Morgan fingerprint density at radius 3 is 1.69 bits per heavy atom. The molecular weight excluding hydrogens is 464 g/mol. The molecule has 0 aromatic heterocycles. The number of ether oxygens (including phenoxy) is 4. The lowest BCUT2D eigenvalue weighted by molar-refractivity contribution is -0.202. The summed E-state index contributed by atoms with van der Waals surface area (Å²) in [5.74, 6) is -4.21. The summed E-state index contributed by atoms with van der Waals surface area (Å²) in [6.45, 7) is 9.66. The molecular formula is C24H38O11. The number of carbonyl (C=O) groups excluding carboxylic acids is 5. The molecule has 1 aliphatic rings. The number of carbonyl (C=O) groups is 5. The number of aliphatic hydroxyl groups is 2. The van der Waals surface area contributed by atoms with Gasteiger partial charge in [-0.3, -0.25) is 24.0 Å². The minimum absolute atomic E-state index is 0.0405. The summed E-state index contributed by atoms with van der Waals surface area (Å²) in [6.07, 6.45) is -6.01. The number of hydrogen-bond donors (Lipinski definition) is 2. The summed E-state index contributed by atoms with van der Waals surface area (Å²) in [5, 5.41) is 21.8. The van der Waals surface area contributed by atoms with Crippen molar-refractivity contribution in [2.24, 2.45) is 11.3 Å². The van der Waals surface area contributed by atoms with Crippen LogP contribution < -0.4 is 0 Å². The van der Waals surface area contributed by atoms with E-state index in [-0.39, 0.29) is 24.2 Å². The molecule has 4 atom stereocenters. The quantitative estimate of drug-likeness (QED) is 0.326. The number of aliphatic hydroxyl groups excluding tert-OH is 1. The van der Waals surface area contributed by atoms with Crippen molar-refractivity contribution < 1.29 is 53.1 Å². The lowest BCUT2D eigenvalue weighted by Gasteiger charge is -2.42. The number of hydrogen-bond acceptors (Lipinski definition) is 11. The van der Waals surface area contributed by atoms with Gasteiger partial charge in [0.25, 0.3) is 0 Å². The lowest BCUT2D eigenvalue weighted by Crippen LogP contribution is -2.59. The van der Waals surface area contributed by atoms with Gasteiger partial charge >= 0.3 is 23.9 Å².